The zero-order chi connectivity index (χ0) is 26.3. The summed E-state index contributed by atoms with van der Waals surface area (Å²) >= 11 is 0. The largest absolute Gasteiger partial charge is 0.346 e. The van der Waals surface area contributed by atoms with Crippen LogP contribution in [-0.4, -0.2) is 11.8 Å². The molecule has 190 valence electrons. The van der Waals surface area contributed by atoms with Gasteiger partial charge in [0.15, 0.2) is 0 Å². The minimum Gasteiger partial charge on any atom is -0.346 e. The van der Waals surface area contributed by atoms with Gasteiger partial charge in [-0.05, 0) is 49.7 Å². The number of rotatable bonds is 17. The summed E-state index contributed by atoms with van der Waals surface area (Å²) in [5, 5.41) is 6.45. The van der Waals surface area contributed by atoms with Crippen LogP contribution in [0.25, 0.3) is 0 Å². The Morgan fingerprint density at radius 2 is 0.889 bits per heavy atom. The molecule has 4 heteroatoms. The molecule has 0 aliphatic heterocycles. The highest BCUT2D eigenvalue weighted by Gasteiger charge is 2.32. The SMILES string of the molecule is C=CCC(CC=C)(NC(=O)CCCCC(=O)NC(CC=C)(CC=C)c1ccccc1)c1ccccc1. The standard InChI is InChI=1S/C32H40N2O2/c1-5-23-31(24-6-2,27-17-11-9-12-18-27)33-29(35)21-15-16-22-30(36)34-32(25-7-3,26-8-4)28-19-13-10-14-20-28/h5-14,17-20H,1-4,15-16,21-26H2,(H,33,35)(H,34,36). The molecule has 0 aliphatic carbocycles. The van der Waals surface area contributed by atoms with Crippen LogP contribution in [0.15, 0.2) is 111 Å². The Kier molecular flexibility index (Phi) is 11.6. The van der Waals surface area contributed by atoms with Crippen LogP contribution in [0, 0.1) is 0 Å². The summed E-state index contributed by atoms with van der Waals surface area (Å²) in [4.78, 5) is 25.8. The summed E-state index contributed by atoms with van der Waals surface area (Å²) < 4.78 is 0. The van der Waals surface area contributed by atoms with E-state index in [9.17, 15) is 9.59 Å². The normalized spacial score (nSPS) is 11.2. The molecular weight excluding hydrogens is 444 g/mol. The van der Waals surface area contributed by atoms with Crippen molar-refractivity contribution in [2.24, 2.45) is 0 Å². The van der Waals surface area contributed by atoms with Crippen LogP contribution in [0.1, 0.15) is 62.5 Å². The van der Waals surface area contributed by atoms with Crippen LogP contribution in [-0.2, 0) is 20.7 Å². The maximum Gasteiger partial charge on any atom is 0.220 e. The number of hydrogen-bond acceptors (Lipinski definition) is 2. The van der Waals surface area contributed by atoms with E-state index in [4.69, 9.17) is 0 Å². The first-order chi connectivity index (χ1) is 17.4. The molecule has 4 nitrogen and oxygen atoms in total. The Morgan fingerprint density at radius 1 is 0.583 bits per heavy atom. The Balaban J connectivity index is 1.97. The monoisotopic (exact) mass is 484 g/mol. The molecule has 0 fully saturated rings. The third-order valence-electron chi connectivity index (χ3n) is 6.44. The van der Waals surface area contributed by atoms with Crippen molar-refractivity contribution in [1.82, 2.24) is 10.6 Å². The lowest BCUT2D eigenvalue weighted by Crippen LogP contribution is -2.45. The molecule has 2 N–H and O–H groups in total. The fraction of sp³-hybridized carbons (Fsp3) is 0.312. The zero-order valence-electron chi connectivity index (χ0n) is 21.4. The van der Waals surface area contributed by atoms with E-state index in [1.165, 1.54) is 0 Å². The van der Waals surface area contributed by atoms with E-state index in [-0.39, 0.29) is 11.8 Å². The van der Waals surface area contributed by atoms with Crippen molar-refractivity contribution in [2.45, 2.75) is 62.4 Å². The number of carbonyl (C=O) groups excluding carboxylic acids is 2. The third kappa shape index (κ3) is 7.94. The molecule has 0 radical (unpaired) electrons. The summed E-state index contributed by atoms with van der Waals surface area (Å²) in [6, 6.07) is 19.9. The Hall–Kier alpha value is -3.66. The molecule has 0 heterocycles. The van der Waals surface area contributed by atoms with Gasteiger partial charge < -0.3 is 10.6 Å². The van der Waals surface area contributed by atoms with E-state index in [2.05, 4.69) is 36.9 Å². The Labute approximate surface area is 216 Å². The molecule has 2 aromatic carbocycles. The van der Waals surface area contributed by atoms with E-state index >= 15 is 0 Å². The van der Waals surface area contributed by atoms with Crippen molar-refractivity contribution in [3.63, 3.8) is 0 Å². The van der Waals surface area contributed by atoms with Crippen LogP contribution < -0.4 is 10.6 Å². The van der Waals surface area contributed by atoms with Crippen LogP contribution in [0.3, 0.4) is 0 Å². The number of hydrogen-bond donors (Lipinski definition) is 2. The van der Waals surface area contributed by atoms with Gasteiger partial charge in [0.25, 0.3) is 0 Å². The highest BCUT2D eigenvalue weighted by Crippen LogP contribution is 2.31. The van der Waals surface area contributed by atoms with E-state index in [0.717, 1.165) is 11.1 Å². The fourth-order valence-corrected chi connectivity index (χ4v) is 4.72. The first-order valence-corrected chi connectivity index (χ1v) is 12.6. The van der Waals surface area contributed by atoms with Gasteiger partial charge in [0, 0.05) is 12.8 Å². The lowest BCUT2D eigenvalue weighted by Gasteiger charge is -2.34. The third-order valence-corrected chi connectivity index (χ3v) is 6.44. The predicted octanol–water partition coefficient (Wildman–Crippen LogP) is 6.87. The number of carbonyl (C=O) groups is 2. The molecule has 0 aromatic heterocycles. The lowest BCUT2D eigenvalue weighted by atomic mass is 9.83. The summed E-state index contributed by atoms with van der Waals surface area (Å²) in [7, 11) is 0. The van der Waals surface area contributed by atoms with Gasteiger partial charge in [-0.15, -0.1) is 26.3 Å². The van der Waals surface area contributed by atoms with Crippen molar-refractivity contribution in [1.29, 1.82) is 0 Å². The second-order valence-corrected chi connectivity index (χ2v) is 9.17. The van der Waals surface area contributed by atoms with Gasteiger partial charge in [0.2, 0.25) is 11.8 Å². The molecule has 0 aliphatic rings. The molecule has 36 heavy (non-hydrogen) atoms. The van der Waals surface area contributed by atoms with Gasteiger partial charge in [-0.25, -0.2) is 0 Å². The average molecular weight is 485 g/mol. The quantitative estimate of drug-likeness (QED) is 0.190. The molecular formula is C32H40N2O2. The van der Waals surface area contributed by atoms with E-state index in [1.807, 2.05) is 85.0 Å². The maximum atomic E-state index is 12.9. The molecule has 0 bridgehead atoms. The molecule has 2 aromatic rings. The Bertz CT molecular complexity index is 907. The van der Waals surface area contributed by atoms with Crippen molar-refractivity contribution >= 4 is 11.8 Å². The zero-order valence-corrected chi connectivity index (χ0v) is 21.4. The van der Waals surface area contributed by atoms with Crippen molar-refractivity contribution < 1.29 is 9.59 Å². The minimum absolute atomic E-state index is 0.0418. The lowest BCUT2D eigenvalue weighted by molar-refractivity contribution is -0.125. The molecule has 0 atom stereocenters. The van der Waals surface area contributed by atoms with Crippen LogP contribution >= 0.6 is 0 Å². The summed E-state index contributed by atoms with van der Waals surface area (Å²) in [5.74, 6) is -0.0835. The first kappa shape index (κ1) is 28.6. The van der Waals surface area contributed by atoms with Crippen molar-refractivity contribution in [2.75, 3.05) is 0 Å². The molecule has 2 amide bonds. The van der Waals surface area contributed by atoms with Crippen LogP contribution in [0.4, 0.5) is 0 Å². The number of nitrogens with one attached hydrogen (secondary N) is 2. The average Bonchev–Trinajstić information content (AvgIpc) is 2.88. The molecule has 0 spiro atoms. The topological polar surface area (TPSA) is 58.2 Å². The number of amides is 2. The second-order valence-electron chi connectivity index (χ2n) is 9.17. The maximum absolute atomic E-state index is 12.9. The highest BCUT2D eigenvalue weighted by molar-refractivity contribution is 5.78. The van der Waals surface area contributed by atoms with Gasteiger partial charge >= 0.3 is 0 Å². The Morgan fingerprint density at radius 3 is 1.17 bits per heavy atom. The van der Waals surface area contributed by atoms with E-state index in [1.54, 1.807) is 0 Å². The van der Waals surface area contributed by atoms with Crippen molar-refractivity contribution in [3.05, 3.63) is 122 Å². The smallest absolute Gasteiger partial charge is 0.220 e. The number of benzene rings is 2. The van der Waals surface area contributed by atoms with E-state index in [0.29, 0.717) is 51.4 Å². The van der Waals surface area contributed by atoms with E-state index < -0.39 is 11.1 Å². The van der Waals surface area contributed by atoms with Gasteiger partial charge in [0.1, 0.15) is 0 Å². The summed E-state index contributed by atoms with van der Waals surface area (Å²) in [6.07, 6.45) is 11.6. The van der Waals surface area contributed by atoms with Gasteiger partial charge in [-0.2, -0.15) is 0 Å². The second kappa shape index (κ2) is 14.7. The summed E-state index contributed by atoms with van der Waals surface area (Å²) in [5.41, 5.74) is 0.923. The molecule has 0 saturated carbocycles. The van der Waals surface area contributed by atoms with Crippen LogP contribution in [0.2, 0.25) is 0 Å². The number of unbranched alkanes of at least 4 members (excludes halogenated alkanes) is 1. The van der Waals surface area contributed by atoms with Crippen molar-refractivity contribution in [3.8, 4) is 0 Å². The van der Waals surface area contributed by atoms with Gasteiger partial charge in [-0.3, -0.25) is 9.59 Å². The highest BCUT2D eigenvalue weighted by atomic mass is 16.2. The first-order valence-electron chi connectivity index (χ1n) is 12.6. The molecule has 0 unspecified atom stereocenters. The minimum atomic E-state index is -0.566. The van der Waals surface area contributed by atoms with Gasteiger partial charge in [0.05, 0.1) is 11.1 Å². The fourth-order valence-electron chi connectivity index (χ4n) is 4.72. The summed E-state index contributed by atoms with van der Waals surface area (Å²) in [6.45, 7) is 15.6. The van der Waals surface area contributed by atoms with Crippen LogP contribution in [0.5, 0.6) is 0 Å². The van der Waals surface area contributed by atoms with Gasteiger partial charge in [-0.1, -0.05) is 85.0 Å². The predicted molar refractivity (Wildman–Crippen MR) is 150 cm³/mol. The molecule has 2 rings (SSSR count). The molecule has 0 saturated heterocycles.